The molecule has 23 heavy (non-hydrogen) atoms. The largest absolute Gasteiger partial charge is 0.326 e. The van der Waals surface area contributed by atoms with Crippen molar-refractivity contribution in [3.63, 3.8) is 0 Å². The number of carbonyl (C=O) groups is 1. The Hall–Kier alpha value is -2.66. The fourth-order valence-corrected chi connectivity index (χ4v) is 2.53. The maximum Gasteiger partial charge on any atom is 0.226 e. The molecule has 3 aromatic rings. The molecule has 116 valence electrons. The molecule has 0 aliphatic rings. The second-order valence-electron chi connectivity index (χ2n) is 5.06. The number of aromatic nitrogens is 2. The number of nitrogens with one attached hydrogen (secondary N) is 1. The topological polar surface area (TPSA) is 64.0 Å². The highest BCUT2D eigenvalue weighted by atomic mass is 35.5. The first kappa shape index (κ1) is 15.2. The molecular weight excluding hydrogens is 314 g/mol. The van der Waals surface area contributed by atoms with Gasteiger partial charge in [-0.25, -0.2) is 0 Å². The molecule has 0 unspecified atom stereocenters. The number of hydrogen-bond donors (Lipinski definition) is 1. The molecule has 5 nitrogen and oxygen atoms in total. The standard InChI is InChI=1S/C17H14ClN3O2/c18-12-4-3-5-13(10-12)20-17(23)8-9-21-15-7-2-1-6-14(15)16(22)11-19-21/h1-7,10-11H,8-9H2,(H,20,23). The van der Waals surface area contributed by atoms with E-state index in [9.17, 15) is 9.59 Å². The van der Waals surface area contributed by atoms with Crippen LogP contribution < -0.4 is 10.7 Å². The third-order valence-corrected chi connectivity index (χ3v) is 3.66. The summed E-state index contributed by atoms with van der Waals surface area (Å²) in [7, 11) is 0. The number of fused-ring (bicyclic) bond motifs is 1. The molecule has 0 fully saturated rings. The molecule has 3 rings (SSSR count). The van der Waals surface area contributed by atoms with Crippen LogP contribution in [-0.2, 0) is 11.3 Å². The van der Waals surface area contributed by atoms with Gasteiger partial charge in [0.1, 0.15) is 0 Å². The normalized spacial score (nSPS) is 10.7. The number of anilines is 1. The van der Waals surface area contributed by atoms with Crippen LogP contribution in [0.2, 0.25) is 5.02 Å². The van der Waals surface area contributed by atoms with Gasteiger partial charge >= 0.3 is 0 Å². The van der Waals surface area contributed by atoms with E-state index >= 15 is 0 Å². The molecule has 0 aliphatic heterocycles. The zero-order chi connectivity index (χ0) is 16.2. The first-order chi connectivity index (χ1) is 11.1. The molecule has 1 amide bonds. The Bertz CT molecular complexity index is 921. The highest BCUT2D eigenvalue weighted by Gasteiger charge is 2.07. The van der Waals surface area contributed by atoms with Gasteiger partial charge in [-0.05, 0) is 30.3 Å². The van der Waals surface area contributed by atoms with E-state index in [1.165, 1.54) is 6.20 Å². The van der Waals surface area contributed by atoms with Crippen molar-refractivity contribution in [2.45, 2.75) is 13.0 Å². The third kappa shape index (κ3) is 3.57. The second kappa shape index (κ2) is 6.62. The van der Waals surface area contributed by atoms with E-state index in [1.54, 1.807) is 41.1 Å². The number of hydrogen-bond acceptors (Lipinski definition) is 3. The van der Waals surface area contributed by atoms with E-state index in [0.29, 0.717) is 22.6 Å². The molecule has 0 aliphatic carbocycles. The number of benzene rings is 2. The molecule has 0 saturated carbocycles. The Kier molecular flexibility index (Phi) is 4.39. The lowest BCUT2D eigenvalue weighted by Crippen LogP contribution is -2.18. The lowest BCUT2D eigenvalue weighted by atomic mass is 10.2. The second-order valence-corrected chi connectivity index (χ2v) is 5.49. The molecule has 6 heteroatoms. The van der Waals surface area contributed by atoms with Gasteiger partial charge in [0, 0.05) is 22.5 Å². The van der Waals surface area contributed by atoms with Crippen LogP contribution >= 0.6 is 11.6 Å². The van der Waals surface area contributed by atoms with Crippen LogP contribution in [0.1, 0.15) is 6.42 Å². The van der Waals surface area contributed by atoms with Crippen LogP contribution in [0.5, 0.6) is 0 Å². The molecule has 0 atom stereocenters. The summed E-state index contributed by atoms with van der Waals surface area (Å²) < 4.78 is 1.66. The summed E-state index contributed by atoms with van der Waals surface area (Å²) in [6, 6.07) is 14.2. The number of amides is 1. The first-order valence-corrected chi connectivity index (χ1v) is 7.51. The Morgan fingerprint density at radius 1 is 1.17 bits per heavy atom. The predicted molar refractivity (Wildman–Crippen MR) is 90.7 cm³/mol. The summed E-state index contributed by atoms with van der Waals surface area (Å²) in [5.41, 5.74) is 1.25. The summed E-state index contributed by atoms with van der Waals surface area (Å²) >= 11 is 5.89. The molecule has 0 radical (unpaired) electrons. The third-order valence-electron chi connectivity index (χ3n) is 3.42. The van der Waals surface area contributed by atoms with Crippen LogP contribution in [-0.4, -0.2) is 15.7 Å². The quantitative estimate of drug-likeness (QED) is 0.801. The average Bonchev–Trinajstić information content (AvgIpc) is 2.54. The van der Waals surface area contributed by atoms with Gasteiger partial charge < -0.3 is 5.32 Å². The summed E-state index contributed by atoms with van der Waals surface area (Å²) in [6.45, 7) is 0.382. The van der Waals surface area contributed by atoms with Crippen LogP contribution in [0.15, 0.2) is 59.5 Å². The summed E-state index contributed by atoms with van der Waals surface area (Å²) in [5.74, 6) is -0.142. The molecule has 1 aromatic heterocycles. The Balaban J connectivity index is 1.72. The van der Waals surface area contributed by atoms with Crippen molar-refractivity contribution in [3.05, 3.63) is 70.0 Å². The number of halogens is 1. The minimum absolute atomic E-state index is 0.125. The molecule has 1 heterocycles. The van der Waals surface area contributed by atoms with Crippen molar-refractivity contribution in [1.82, 2.24) is 9.78 Å². The van der Waals surface area contributed by atoms with Crippen LogP contribution in [0, 0.1) is 0 Å². The predicted octanol–water partition coefficient (Wildman–Crippen LogP) is 3.08. The van der Waals surface area contributed by atoms with Crippen molar-refractivity contribution in [1.29, 1.82) is 0 Å². The van der Waals surface area contributed by atoms with E-state index in [1.807, 2.05) is 12.1 Å². The zero-order valence-corrected chi connectivity index (χ0v) is 13.0. The minimum Gasteiger partial charge on any atom is -0.326 e. The van der Waals surface area contributed by atoms with Crippen molar-refractivity contribution in [3.8, 4) is 0 Å². The maximum absolute atomic E-state index is 12.0. The van der Waals surface area contributed by atoms with Crippen molar-refractivity contribution in [2.24, 2.45) is 0 Å². The number of rotatable bonds is 4. The van der Waals surface area contributed by atoms with Crippen molar-refractivity contribution >= 4 is 34.1 Å². The van der Waals surface area contributed by atoms with Crippen LogP contribution in [0.3, 0.4) is 0 Å². The number of aryl methyl sites for hydroxylation is 1. The lowest BCUT2D eigenvalue weighted by Gasteiger charge is -2.09. The molecule has 1 N–H and O–H groups in total. The van der Waals surface area contributed by atoms with E-state index < -0.39 is 0 Å². The van der Waals surface area contributed by atoms with Gasteiger partial charge in [0.05, 0.1) is 18.3 Å². The fourth-order valence-electron chi connectivity index (χ4n) is 2.34. The Morgan fingerprint density at radius 3 is 2.83 bits per heavy atom. The first-order valence-electron chi connectivity index (χ1n) is 7.14. The molecule has 0 bridgehead atoms. The van der Waals surface area contributed by atoms with Gasteiger partial charge in [-0.3, -0.25) is 14.3 Å². The molecular formula is C17H14ClN3O2. The SMILES string of the molecule is O=C(CCn1ncc(=O)c2ccccc21)Nc1cccc(Cl)c1. The van der Waals surface area contributed by atoms with E-state index in [4.69, 9.17) is 11.6 Å². The van der Waals surface area contributed by atoms with Crippen molar-refractivity contribution in [2.75, 3.05) is 5.32 Å². The maximum atomic E-state index is 12.0. The summed E-state index contributed by atoms with van der Waals surface area (Å²) in [4.78, 5) is 23.8. The van der Waals surface area contributed by atoms with Gasteiger partial charge in [0.2, 0.25) is 11.3 Å². The van der Waals surface area contributed by atoms with Gasteiger partial charge in [0.25, 0.3) is 0 Å². The number of nitrogens with zero attached hydrogens (tertiary/aromatic N) is 2. The minimum atomic E-state index is -0.142. The average molecular weight is 328 g/mol. The monoisotopic (exact) mass is 327 g/mol. The Morgan fingerprint density at radius 2 is 2.00 bits per heavy atom. The van der Waals surface area contributed by atoms with Gasteiger partial charge in [-0.1, -0.05) is 29.8 Å². The molecule has 0 saturated heterocycles. The van der Waals surface area contributed by atoms with Crippen molar-refractivity contribution < 1.29 is 4.79 Å². The summed E-state index contributed by atoms with van der Waals surface area (Å²) in [6.07, 6.45) is 1.52. The zero-order valence-electron chi connectivity index (χ0n) is 12.2. The van der Waals surface area contributed by atoms with Gasteiger partial charge in [-0.2, -0.15) is 5.10 Å². The summed E-state index contributed by atoms with van der Waals surface area (Å²) in [5, 5.41) is 8.05. The highest BCUT2D eigenvalue weighted by Crippen LogP contribution is 2.15. The van der Waals surface area contributed by atoms with E-state index in [0.717, 1.165) is 5.52 Å². The molecule has 0 spiro atoms. The van der Waals surface area contributed by atoms with Crippen LogP contribution in [0.4, 0.5) is 5.69 Å². The van der Waals surface area contributed by atoms with Gasteiger partial charge in [0.15, 0.2) is 0 Å². The Labute approximate surface area is 137 Å². The lowest BCUT2D eigenvalue weighted by molar-refractivity contribution is -0.116. The highest BCUT2D eigenvalue weighted by molar-refractivity contribution is 6.30. The molecule has 2 aromatic carbocycles. The van der Waals surface area contributed by atoms with Gasteiger partial charge in [-0.15, -0.1) is 0 Å². The van der Waals surface area contributed by atoms with Crippen LogP contribution in [0.25, 0.3) is 10.9 Å². The number of para-hydroxylation sites is 1. The van der Waals surface area contributed by atoms with E-state index in [2.05, 4.69) is 10.4 Å². The fraction of sp³-hybridized carbons (Fsp3) is 0.118. The number of carbonyl (C=O) groups excluding carboxylic acids is 1. The smallest absolute Gasteiger partial charge is 0.226 e. The van der Waals surface area contributed by atoms with E-state index in [-0.39, 0.29) is 17.8 Å².